The zero-order valence-electron chi connectivity index (χ0n) is 18.9. The standard InChI is InChI=1S/C13H9.2C6H5.C5H5.CH2.2ClH.Zr/c1-3-7-12-10(5-1)9-11-6-2-4-8-13(11)12;2*1-2-4-6-5-3-1;1-2-4-5-3-1;;;;/h1-9H;2*1-5H;1-3H,4H2;1H2;2*1H;/q4*-1;;;;. The molecule has 0 spiro atoms. The summed E-state index contributed by atoms with van der Waals surface area (Å²) in [5, 5.41) is 5.39. The molecule has 3 heteroatoms. The van der Waals surface area contributed by atoms with Crippen molar-refractivity contribution in [3.8, 4) is 0 Å². The molecule has 34 heavy (non-hydrogen) atoms. The third kappa shape index (κ3) is 12.1. The van der Waals surface area contributed by atoms with Crippen molar-refractivity contribution in [2.75, 3.05) is 0 Å². The summed E-state index contributed by atoms with van der Waals surface area (Å²) in [5.74, 6) is 0. The Kier molecular flexibility index (Phi) is 19.6. The maximum atomic E-state index is 3.34. The Morgan fingerprint density at radius 1 is 0.618 bits per heavy atom. The normalized spacial score (nSPS) is 9.74. The molecule has 0 aromatic heterocycles. The minimum Gasteiger partial charge on any atom is -0.184 e. The molecule has 174 valence electrons. The van der Waals surface area contributed by atoms with Crippen molar-refractivity contribution in [1.82, 2.24) is 0 Å². The van der Waals surface area contributed by atoms with E-state index >= 15 is 0 Å². The molecule has 0 radical (unpaired) electrons. The number of halogens is 2. The summed E-state index contributed by atoms with van der Waals surface area (Å²) < 4.78 is 3.34. The van der Waals surface area contributed by atoms with Gasteiger partial charge in [0.25, 0.3) is 0 Å². The number of allylic oxidation sites excluding steroid dienone is 4. The van der Waals surface area contributed by atoms with Crippen molar-refractivity contribution in [2.24, 2.45) is 0 Å². The summed E-state index contributed by atoms with van der Waals surface area (Å²) in [6.07, 6.45) is 10.0. The van der Waals surface area contributed by atoms with Crippen molar-refractivity contribution < 1.29 is 24.2 Å². The van der Waals surface area contributed by atoms with Crippen LogP contribution < -0.4 is 0 Å². The summed E-state index contributed by atoms with van der Waals surface area (Å²) >= 11 is 1.30. The maximum Gasteiger partial charge on any atom is -0.0771 e. The van der Waals surface area contributed by atoms with E-state index in [1.807, 2.05) is 72.8 Å². The molecule has 1 aliphatic rings. The first-order valence-corrected chi connectivity index (χ1v) is 12.1. The first kappa shape index (κ1) is 31.6. The summed E-state index contributed by atoms with van der Waals surface area (Å²) in [6.45, 7) is 0. The van der Waals surface area contributed by atoms with E-state index in [4.69, 9.17) is 0 Å². The second kappa shape index (κ2) is 21.1. The predicted octanol–water partition coefficient (Wildman–Crippen LogP) is 8.80. The fourth-order valence-electron chi connectivity index (χ4n) is 2.93. The van der Waals surface area contributed by atoms with Crippen LogP contribution in [0.15, 0.2) is 133 Å². The van der Waals surface area contributed by atoms with E-state index < -0.39 is 0 Å². The van der Waals surface area contributed by atoms with Crippen LogP contribution in [0.1, 0.15) is 6.42 Å². The Morgan fingerprint density at radius 3 is 1.32 bits per heavy atom. The molecule has 5 aromatic carbocycles. The van der Waals surface area contributed by atoms with E-state index in [9.17, 15) is 0 Å². The minimum absolute atomic E-state index is 0. The zero-order chi connectivity index (χ0) is 22.7. The topological polar surface area (TPSA) is 0 Å². The van der Waals surface area contributed by atoms with Crippen molar-refractivity contribution in [2.45, 2.75) is 6.42 Å². The zero-order valence-corrected chi connectivity index (χ0v) is 23.0. The fourth-order valence-corrected chi connectivity index (χ4v) is 2.93. The van der Waals surface area contributed by atoms with Gasteiger partial charge >= 0.3 is 28.4 Å². The summed E-state index contributed by atoms with van der Waals surface area (Å²) in [5.41, 5.74) is 0. The van der Waals surface area contributed by atoms with E-state index in [1.165, 1.54) is 45.8 Å². The van der Waals surface area contributed by atoms with Crippen molar-refractivity contribution in [1.29, 1.82) is 0 Å². The van der Waals surface area contributed by atoms with Gasteiger partial charge in [-0.1, -0.05) is 36.4 Å². The van der Waals surface area contributed by atoms with Gasteiger partial charge in [0.2, 0.25) is 0 Å². The molecule has 6 rings (SSSR count). The van der Waals surface area contributed by atoms with Gasteiger partial charge in [0.05, 0.1) is 0 Å². The monoisotopic (exact) mass is 560 g/mol. The first-order valence-electron chi connectivity index (χ1n) is 10.4. The Bertz CT molecular complexity index is 1030. The van der Waals surface area contributed by atoms with Gasteiger partial charge in [0.15, 0.2) is 0 Å². The van der Waals surface area contributed by atoms with E-state index in [2.05, 4.69) is 83.1 Å². The van der Waals surface area contributed by atoms with Gasteiger partial charge in [0, 0.05) is 0 Å². The number of benzene rings is 4. The molecule has 1 aliphatic carbocycles. The van der Waals surface area contributed by atoms with E-state index in [-0.39, 0.29) is 24.8 Å². The Hall–Kier alpha value is -2.44. The first-order chi connectivity index (χ1) is 15.9. The van der Waals surface area contributed by atoms with Crippen LogP contribution in [0.4, 0.5) is 0 Å². The van der Waals surface area contributed by atoms with E-state index in [0.717, 1.165) is 6.42 Å². The smallest absolute Gasteiger partial charge is 0.0771 e. The summed E-state index contributed by atoms with van der Waals surface area (Å²) in [6, 6.07) is 44.3. The van der Waals surface area contributed by atoms with Crippen LogP contribution in [0, 0.1) is 18.2 Å². The van der Waals surface area contributed by atoms with Gasteiger partial charge in [-0.25, -0.2) is 12.2 Å². The van der Waals surface area contributed by atoms with Gasteiger partial charge in [-0.2, -0.15) is 78.9 Å². The van der Waals surface area contributed by atoms with Crippen LogP contribution in [-0.2, 0) is 24.2 Å². The molecule has 0 saturated heterocycles. The number of hydrogen-bond acceptors (Lipinski definition) is 0. The van der Waals surface area contributed by atoms with Gasteiger partial charge in [0.1, 0.15) is 0 Å². The minimum atomic E-state index is 0. The molecular formula is C31H28Cl2Zr-4. The SMILES string of the molecule is Cl.Cl.[C-]1=CC=CC1.[CH2]=[Zr].[c-]1ccccc1.[c-]1ccccc1.c1ccc2c(c1)[cH-]c1ccccc12. The van der Waals surface area contributed by atoms with Gasteiger partial charge in [-0.3, -0.25) is 6.08 Å². The molecule has 0 atom stereocenters. The van der Waals surface area contributed by atoms with Crippen LogP contribution in [0.25, 0.3) is 21.5 Å². The van der Waals surface area contributed by atoms with Gasteiger partial charge in [-0.15, -0.1) is 71.0 Å². The van der Waals surface area contributed by atoms with E-state index in [1.54, 1.807) is 0 Å². The van der Waals surface area contributed by atoms with E-state index in [0.29, 0.717) is 0 Å². The number of hydrogen-bond donors (Lipinski definition) is 0. The number of fused-ring (bicyclic) bond motifs is 3. The van der Waals surface area contributed by atoms with Crippen molar-refractivity contribution in [3.05, 3.63) is 152 Å². The Balaban J connectivity index is 0.000000444. The molecule has 0 N–H and O–H groups in total. The average molecular weight is 563 g/mol. The third-order valence-corrected chi connectivity index (χ3v) is 4.32. The largest absolute Gasteiger partial charge is 0.184 e. The van der Waals surface area contributed by atoms with Crippen LogP contribution in [0.5, 0.6) is 0 Å². The third-order valence-electron chi connectivity index (χ3n) is 4.32. The molecule has 0 unspecified atom stereocenters. The van der Waals surface area contributed by atoms with Crippen LogP contribution in [-0.4, -0.2) is 4.21 Å². The second-order valence-electron chi connectivity index (χ2n) is 6.48. The summed E-state index contributed by atoms with van der Waals surface area (Å²) in [4.78, 5) is 0. The van der Waals surface area contributed by atoms with Crippen LogP contribution in [0.2, 0.25) is 0 Å². The molecule has 0 fully saturated rings. The Labute approximate surface area is 231 Å². The summed E-state index contributed by atoms with van der Waals surface area (Å²) in [7, 11) is 0. The fraction of sp³-hybridized carbons (Fsp3) is 0.0323. The quantitative estimate of drug-likeness (QED) is 0.166. The molecule has 0 bridgehead atoms. The van der Waals surface area contributed by atoms with Crippen LogP contribution >= 0.6 is 24.8 Å². The number of rotatable bonds is 0. The molecule has 5 aromatic rings. The van der Waals surface area contributed by atoms with Gasteiger partial charge in [-0.05, 0) is 0 Å². The van der Waals surface area contributed by atoms with Crippen molar-refractivity contribution >= 4 is 50.6 Å². The molecular weight excluding hydrogens is 534 g/mol. The maximum absolute atomic E-state index is 3.34. The van der Waals surface area contributed by atoms with Crippen molar-refractivity contribution in [3.63, 3.8) is 0 Å². The Morgan fingerprint density at radius 2 is 1.06 bits per heavy atom. The molecule has 0 aliphatic heterocycles. The molecule has 0 saturated carbocycles. The average Bonchev–Trinajstić information content (AvgIpc) is 3.60. The molecule has 0 heterocycles. The molecule has 0 amide bonds. The van der Waals surface area contributed by atoms with Crippen LogP contribution in [0.3, 0.4) is 0 Å². The predicted molar refractivity (Wildman–Crippen MR) is 151 cm³/mol. The second-order valence-corrected chi connectivity index (χ2v) is 6.48. The molecule has 0 nitrogen and oxygen atoms in total. The van der Waals surface area contributed by atoms with Gasteiger partial charge < -0.3 is 0 Å².